The lowest BCUT2D eigenvalue weighted by molar-refractivity contribution is -0.147. The van der Waals surface area contributed by atoms with Gasteiger partial charge >= 0.3 is 6.18 Å². The number of halogens is 3. The van der Waals surface area contributed by atoms with Crippen LogP contribution < -0.4 is 5.73 Å². The Morgan fingerprint density at radius 3 is 2.75 bits per heavy atom. The van der Waals surface area contributed by atoms with Crippen molar-refractivity contribution in [2.75, 3.05) is 19.8 Å². The third-order valence-electron chi connectivity index (χ3n) is 2.70. The number of aromatic nitrogens is 3. The first kappa shape index (κ1) is 14.7. The Kier molecular flexibility index (Phi) is 4.24. The minimum absolute atomic E-state index is 0.0292. The number of aryl methyl sites for hydroxylation is 1. The van der Waals surface area contributed by atoms with Crippen molar-refractivity contribution >= 4 is 11.2 Å². The first-order valence-electron chi connectivity index (χ1n) is 6.11. The number of fused-ring (bicyclic) bond motifs is 1. The van der Waals surface area contributed by atoms with Crippen molar-refractivity contribution in [2.24, 2.45) is 5.73 Å². The molecule has 110 valence electrons. The molecule has 0 fully saturated rings. The van der Waals surface area contributed by atoms with E-state index in [9.17, 15) is 13.2 Å². The summed E-state index contributed by atoms with van der Waals surface area (Å²) in [6.45, 7) is 2.54. The van der Waals surface area contributed by atoms with Gasteiger partial charge in [0.2, 0.25) is 5.82 Å². The Balaban J connectivity index is 2.37. The average molecular weight is 288 g/mol. The zero-order chi connectivity index (χ0) is 14.8. The van der Waals surface area contributed by atoms with Crippen LogP contribution in [0.25, 0.3) is 11.2 Å². The quantitative estimate of drug-likeness (QED) is 0.851. The summed E-state index contributed by atoms with van der Waals surface area (Å²) in [5.41, 5.74) is 6.46. The molecule has 0 radical (unpaired) electrons. The lowest BCUT2D eigenvalue weighted by atomic mass is 10.3. The second-order valence-electron chi connectivity index (χ2n) is 4.34. The average Bonchev–Trinajstić information content (AvgIpc) is 2.72. The van der Waals surface area contributed by atoms with Gasteiger partial charge in [-0.3, -0.25) is 0 Å². The highest BCUT2D eigenvalue weighted by molar-refractivity contribution is 5.72. The Morgan fingerprint density at radius 2 is 2.10 bits per heavy atom. The number of nitrogens with two attached hydrogens (primary N) is 1. The fourth-order valence-corrected chi connectivity index (χ4v) is 1.88. The molecular weight excluding hydrogens is 273 g/mol. The van der Waals surface area contributed by atoms with Gasteiger partial charge in [0.15, 0.2) is 5.65 Å². The highest BCUT2D eigenvalue weighted by atomic mass is 19.4. The third-order valence-corrected chi connectivity index (χ3v) is 2.70. The molecule has 0 bridgehead atoms. The first-order valence-corrected chi connectivity index (χ1v) is 6.11. The standard InChI is InChI=1S/C12H15F3N4O/c1-8-6-9-10(17-7-8)19(3-5-20-4-2-16)11(18-9)12(13,14)15/h6-7H,2-5,16H2,1H3. The van der Waals surface area contributed by atoms with Crippen LogP contribution in [-0.2, 0) is 17.5 Å². The van der Waals surface area contributed by atoms with Crippen LogP contribution in [0, 0.1) is 6.92 Å². The molecule has 2 rings (SSSR count). The second kappa shape index (κ2) is 5.76. The van der Waals surface area contributed by atoms with Gasteiger partial charge in [0.25, 0.3) is 0 Å². The molecule has 0 aliphatic carbocycles. The summed E-state index contributed by atoms with van der Waals surface area (Å²) >= 11 is 0. The van der Waals surface area contributed by atoms with E-state index < -0.39 is 12.0 Å². The van der Waals surface area contributed by atoms with Gasteiger partial charge in [0.05, 0.1) is 13.2 Å². The van der Waals surface area contributed by atoms with E-state index in [0.717, 1.165) is 10.1 Å². The van der Waals surface area contributed by atoms with E-state index in [-0.39, 0.29) is 24.3 Å². The van der Waals surface area contributed by atoms with Crippen molar-refractivity contribution in [2.45, 2.75) is 19.6 Å². The van der Waals surface area contributed by atoms with E-state index in [1.807, 2.05) is 0 Å². The molecule has 0 aromatic carbocycles. The predicted octanol–water partition coefficient (Wildman–Crippen LogP) is 1.73. The minimum atomic E-state index is -4.53. The summed E-state index contributed by atoms with van der Waals surface area (Å²) in [5.74, 6) is -0.957. The normalized spacial score (nSPS) is 12.2. The molecule has 0 spiro atoms. The summed E-state index contributed by atoms with van der Waals surface area (Å²) < 4.78 is 45.1. The van der Waals surface area contributed by atoms with Crippen LogP contribution in [-0.4, -0.2) is 34.3 Å². The molecule has 0 atom stereocenters. The SMILES string of the molecule is Cc1cnc2c(c1)nc(C(F)(F)F)n2CCOCCN. The molecule has 20 heavy (non-hydrogen) atoms. The zero-order valence-electron chi connectivity index (χ0n) is 10.9. The van der Waals surface area contributed by atoms with E-state index in [0.29, 0.717) is 13.2 Å². The van der Waals surface area contributed by atoms with Crippen molar-refractivity contribution in [1.82, 2.24) is 14.5 Å². The summed E-state index contributed by atoms with van der Waals surface area (Å²) in [7, 11) is 0. The van der Waals surface area contributed by atoms with Gasteiger partial charge in [-0.05, 0) is 18.6 Å². The molecular formula is C12H15F3N4O. The molecule has 2 aromatic rings. The maximum Gasteiger partial charge on any atom is 0.449 e. The smallest absolute Gasteiger partial charge is 0.378 e. The van der Waals surface area contributed by atoms with Gasteiger partial charge in [-0.2, -0.15) is 13.2 Å². The molecule has 0 saturated carbocycles. The van der Waals surface area contributed by atoms with E-state index in [1.54, 1.807) is 13.0 Å². The topological polar surface area (TPSA) is 66.0 Å². The van der Waals surface area contributed by atoms with Gasteiger partial charge in [-0.15, -0.1) is 0 Å². The number of ether oxygens (including phenoxy) is 1. The fraction of sp³-hybridized carbons (Fsp3) is 0.500. The maximum absolute atomic E-state index is 13.0. The summed E-state index contributed by atoms with van der Waals surface area (Å²) in [6, 6.07) is 1.58. The number of imidazole rings is 1. The molecule has 0 amide bonds. The van der Waals surface area contributed by atoms with Crippen molar-refractivity contribution in [1.29, 1.82) is 0 Å². The van der Waals surface area contributed by atoms with Gasteiger partial charge in [0.1, 0.15) is 5.52 Å². The van der Waals surface area contributed by atoms with Crippen molar-refractivity contribution in [3.05, 3.63) is 23.7 Å². The Labute approximate surface area is 113 Å². The van der Waals surface area contributed by atoms with Crippen molar-refractivity contribution < 1.29 is 17.9 Å². The summed E-state index contributed by atoms with van der Waals surface area (Å²) in [6.07, 6.45) is -3.01. The molecule has 0 unspecified atom stereocenters. The molecule has 5 nitrogen and oxygen atoms in total. The van der Waals surface area contributed by atoms with Crippen LogP contribution >= 0.6 is 0 Å². The highest BCUT2D eigenvalue weighted by Crippen LogP contribution is 2.31. The van der Waals surface area contributed by atoms with Crippen LogP contribution in [0.1, 0.15) is 11.4 Å². The Bertz CT molecular complexity index is 594. The number of alkyl halides is 3. The van der Waals surface area contributed by atoms with Gasteiger partial charge < -0.3 is 15.0 Å². The van der Waals surface area contributed by atoms with Gasteiger partial charge in [0, 0.05) is 19.3 Å². The Hall–Kier alpha value is -1.67. The van der Waals surface area contributed by atoms with Crippen LogP contribution in [0.3, 0.4) is 0 Å². The molecule has 2 aromatic heterocycles. The maximum atomic E-state index is 13.0. The first-order chi connectivity index (χ1) is 9.43. The summed E-state index contributed by atoms with van der Waals surface area (Å²) in [5, 5.41) is 0. The third kappa shape index (κ3) is 3.07. The lowest BCUT2D eigenvalue weighted by Gasteiger charge is -2.10. The largest absolute Gasteiger partial charge is 0.449 e. The van der Waals surface area contributed by atoms with Gasteiger partial charge in [-0.25, -0.2) is 9.97 Å². The second-order valence-corrected chi connectivity index (χ2v) is 4.34. The van der Waals surface area contributed by atoms with E-state index in [1.165, 1.54) is 6.20 Å². The van der Waals surface area contributed by atoms with Crippen LogP contribution in [0.5, 0.6) is 0 Å². The lowest BCUT2D eigenvalue weighted by Crippen LogP contribution is -2.18. The van der Waals surface area contributed by atoms with E-state index >= 15 is 0 Å². The number of rotatable bonds is 5. The zero-order valence-corrected chi connectivity index (χ0v) is 10.9. The van der Waals surface area contributed by atoms with Crippen LogP contribution in [0.4, 0.5) is 13.2 Å². The number of nitrogens with zero attached hydrogens (tertiary/aromatic N) is 3. The fourth-order valence-electron chi connectivity index (χ4n) is 1.88. The predicted molar refractivity (Wildman–Crippen MR) is 67.1 cm³/mol. The number of hydrogen-bond acceptors (Lipinski definition) is 4. The van der Waals surface area contributed by atoms with Crippen LogP contribution in [0.2, 0.25) is 0 Å². The number of pyridine rings is 1. The van der Waals surface area contributed by atoms with Gasteiger partial charge in [-0.1, -0.05) is 0 Å². The molecule has 0 saturated heterocycles. The monoisotopic (exact) mass is 288 g/mol. The molecule has 0 aliphatic heterocycles. The molecule has 0 aliphatic rings. The number of hydrogen-bond donors (Lipinski definition) is 1. The highest BCUT2D eigenvalue weighted by Gasteiger charge is 2.37. The van der Waals surface area contributed by atoms with Crippen LogP contribution in [0.15, 0.2) is 12.3 Å². The Morgan fingerprint density at radius 1 is 1.35 bits per heavy atom. The van der Waals surface area contributed by atoms with E-state index in [4.69, 9.17) is 10.5 Å². The van der Waals surface area contributed by atoms with Crippen molar-refractivity contribution in [3.8, 4) is 0 Å². The molecule has 8 heteroatoms. The minimum Gasteiger partial charge on any atom is -0.378 e. The summed E-state index contributed by atoms with van der Waals surface area (Å²) in [4.78, 5) is 7.67. The molecule has 2 N–H and O–H groups in total. The van der Waals surface area contributed by atoms with E-state index in [2.05, 4.69) is 9.97 Å². The molecule has 2 heterocycles. The van der Waals surface area contributed by atoms with Crippen molar-refractivity contribution in [3.63, 3.8) is 0 Å².